The highest BCUT2D eigenvalue weighted by molar-refractivity contribution is 5.87. The molecule has 3 rings (SSSR count). The average molecular weight is 331 g/mol. The Labute approximate surface area is 144 Å². The molecule has 1 aliphatic rings. The summed E-state index contributed by atoms with van der Waals surface area (Å²) in [5.74, 6) is 0. The molecular weight excluding hydrogens is 302 g/mol. The quantitative estimate of drug-likeness (QED) is 0.852. The Balaban J connectivity index is 1.88. The van der Waals surface area contributed by atoms with E-state index in [9.17, 15) is 5.11 Å². The largest absolute Gasteiger partial charge is 0.394 e. The standard InChI is InChI=1S/C19H29N3O2/c1-12(2)24-6-5-22-9-14-7-16-18(8-15(14)10-22)21(4)13(3)19(16)17(20)11-23/h7-8,12,17,23H,5-6,9-11,20H2,1-4H3. The highest BCUT2D eigenvalue weighted by atomic mass is 16.5. The van der Waals surface area contributed by atoms with Crippen LogP contribution in [0.5, 0.6) is 0 Å². The van der Waals surface area contributed by atoms with Gasteiger partial charge in [-0.05, 0) is 49.6 Å². The fourth-order valence-corrected chi connectivity index (χ4v) is 3.69. The molecule has 1 aromatic heterocycles. The summed E-state index contributed by atoms with van der Waals surface area (Å²) in [6, 6.07) is 4.23. The van der Waals surface area contributed by atoms with Crippen molar-refractivity contribution in [3.8, 4) is 0 Å². The van der Waals surface area contributed by atoms with Gasteiger partial charge in [0.1, 0.15) is 0 Å². The lowest BCUT2D eigenvalue weighted by molar-refractivity contribution is 0.0584. The van der Waals surface area contributed by atoms with Gasteiger partial charge < -0.3 is 20.1 Å². The van der Waals surface area contributed by atoms with Gasteiger partial charge in [0.05, 0.1) is 25.4 Å². The van der Waals surface area contributed by atoms with Gasteiger partial charge in [0.15, 0.2) is 0 Å². The Bertz CT molecular complexity index is 736. The van der Waals surface area contributed by atoms with Crippen LogP contribution in [0, 0.1) is 6.92 Å². The number of hydrogen-bond acceptors (Lipinski definition) is 4. The summed E-state index contributed by atoms with van der Waals surface area (Å²) in [6.07, 6.45) is 0.281. The summed E-state index contributed by atoms with van der Waals surface area (Å²) in [5.41, 5.74) is 12.3. The maximum absolute atomic E-state index is 9.50. The second-order valence-corrected chi connectivity index (χ2v) is 7.12. The van der Waals surface area contributed by atoms with Gasteiger partial charge in [0.25, 0.3) is 0 Å². The first-order valence-corrected chi connectivity index (χ1v) is 8.73. The highest BCUT2D eigenvalue weighted by Crippen LogP contribution is 2.34. The molecule has 24 heavy (non-hydrogen) atoms. The SMILES string of the molecule is Cc1c(C(N)CO)c2cc3c(cc2n1C)CN(CCOC(C)C)C3. The van der Waals surface area contributed by atoms with Gasteiger partial charge in [-0.15, -0.1) is 0 Å². The van der Waals surface area contributed by atoms with Gasteiger partial charge in [-0.25, -0.2) is 0 Å². The second-order valence-electron chi connectivity index (χ2n) is 7.12. The van der Waals surface area contributed by atoms with Gasteiger partial charge in [-0.3, -0.25) is 4.90 Å². The van der Waals surface area contributed by atoms with E-state index in [0.29, 0.717) is 0 Å². The number of benzene rings is 1. The molecule has 2 aromatic rings. The van der Waals surface area contributed by atoms with E-state index in [-0.39, 0.29) is 18.8 Å². The first kappa shape index (κ1) is 17.4. The second kappa shape index (κ2) is 6.84. The molecule has 132 valence electrons. The van der Waals surface area contributed by atoms with Crippen LogP contribution in [0.2, 0.25) is 0 Å². The van der Waals surface area contributed by atoms with Crippen molar-refractivity contribution in [3.63, 3.8) is 0 Å². The summed E-state index contributed by atoms with van der Waals surface area (Å²) in [7, 11) is 2.07. The summed E-state index contributed by atoms with van der Waals surface area (Å²) in [5, 5.41) is 10.7. The Hall–Kier alpha value is -1.40. The number of nitrogens with two attached hydrogens (primary N) is 1. The number of aliphatic hydroxyl groups is 1. The molecular formula is C19H29N3O2. The zero-order chi connectivity index (χ0) is 17.4. The van der Waals surface area contributed by atoms with Crippen molar-refractivity contribution < 1.29 is 9.84 Å². The minimum absolute atomic E-state index is 0.0320. The van der Waals surface area contributed by atoms with E-state index in [0.717, 1.165) is 37.5 Å². The van der Waals surface area contributed by atoms with E-state index in [1.54, 1.807) is 0 Å². The number of rotatable bonds is 6. The Morgan fingerprint density at radius 2 is 1.92 bits per heavy atom. The van der Waals surface area contributed by atoms with E-state index >= 15 is 0 Å². The lowest BCUT2D eigenvalue weighted by atomic mass is 10.0. The van der Waals surface area contributed by atoms with Crippen LogP contribution in [-0.2, 0) is 24.9 Å². The molecule has 0 spiro atoms. The molecule has 0 saturated heterocycles. The number of fused-ring (bicyclic) bond motifs is 2. The van der Waals surface area contributed by atoms with E-state index in [2.05, 4.69) is 49.4 Å². The molecule has 0 bridgehead atoms. The molecule has 0 aliphatic carbocycles. The fraction of sp³-hybridized carbons (Fsp3) is 0.579. The molecule has 0 radical (unpaired) electrons. The third-order valence-corrected chi connectivity index (χ3v) is 5.08. The molecule has 0 saturated carbocycles. The third-order valence-electron chi connectivity index (χ3n) is 5.08. The highest BCUT2D eigenvalue weighted by Gasteiger charge is 2.23. The first-order chi connectivity index (χ1) is 11.4. The van der Waals surface area contributed by atoms with E-state index in [1.807, 2.05) is 0 Å². The van der Waals surface area contributed by atoms with Crippen LogP contribution < -0.4 is 5.73 Å². The summed E-state index contributed by atoms with van der Waals surface area (Å²) >= 11 is 0. The van der Waals surface area contributed by atoms with E-state index < -0.39 is 0 Å². The van der Waals surface area contributed by atoms with Crippen molar-refractivity contribution in [1.82, 2.24) is 9.47 Å². The van der Waals surface area contributed by atoms with Gasteiger partial charge in [0, 0.05) is 43.3 Å². The Morgan fingerprint density at radius 1 is 1.25 bits per heavy atom. The third kappa shape index (κ3) is 3.09. The molecule has 1 atom stereocenters. The smallest absolute Gasteiger partial charge is 0.0625 e. The van der Waals surface area contributed by atoms with Crippen LogP contribution in [0.4, 0.5) is 0 Å². The van der Waals surface area contributed by atoms with Crippen LogP contribution in [0.15, 0.2) is 12.1 Å². The van der Waals surface area contributed by atoms with Crippen LogP contribution in [0.25, 0.3) is 10.9 Å². The average Bonchev–Trinajstić information content (AvgIpc) is 3.03. The lowest BCUT2D eigenvalue weighted by Crippen LogP contribution is -2.23. The van der Waals surface area contributed by atoms with Gasteiger partial charge >= 0.3 is 0 Å². The first-order valence-electron chi connectivity index (χ1n) is 8.73. The Kier molecular flexibility index (Phi) is 4.97. The molecule has 3 N–H and O–H groups in total. The van der Waals surface area contributed by atoms with Crippen molar-refractivity contribution in [3.05, 3.63) is 34.5 Å². The maximum atomic E-state index is 9.50. The topological polar surface area (TPSA) is 63.7 Å². The number of nitrogens with zero attached hydrogens (tertiary/aromatic N) is 2. The molecule has 5 nitrogen and oxygen atoms in total. The van der Waals surface area contributed by atoms with Crippen molar-refractivity contribution in [2.45, 2.75) is 46.0 Å². The van der Waals surface area contributed by atoms with Crippen molar-refractivity contribution in [2.24, 2.45) is 12.8 Å². The zero-order valence-corrected chi connectivity index (χ0v) is 15.2. The van der Waals surface area contributed by atoms with E-state index in [1.165, 1.54) is 22.0 Å². The van der Waals surface area contributed by atoms with Crippen LogP contribution in [0.3, 0.4) is 0 Å². The zero-order valence-electron chi connectivity index (χ0n) is 15.2. The van der Waals surface area contributed by atoms with E-state index in [4.69, 9.17) is 10.5 Å². The summed E-state index contributed by atoms with van der Waals surface area (Å²) in [4.78, 5) is 2.42. The predicted octanol–water partition coefficient (Wildman–Crippen LogP) is 2.22. The van der Waals surface area contributed by atoms with Gasteiger partial charge in [-0.2, -0.15) is 0 Å². The maximum Gasteiger partial charge on any atom is 0.0625 e. The summed E-state index contributed by atoms with van der Waals surface area (Å²) < 4.78 is 7.86. The van der Waals surface area contributed by atoms with Gasteiger partial charge in [0.2, 0.25) is 0 Å². The van der Waals surface area contributed by atoms with Crippen molar-refractivity contribution in [2.75, 3.05) is 19.8 Å². The molecule has 1 aliphatic heterocycles. The molecule has 0 amide bonds. The van der Waals surface area contributed by atoms with Crippen LogP contribution in [0.1, 0.15) is 42.3 Å². The summed E-state index contributed by atoms with van der Waals surface area (Å²) in [6.45, 7) is 9.82. The van der Waals surface area contributed by atoms with Crippen molar-refractivity contribution >= 4 is 10.9 Å². The number of aliphatic hydroxyl groups excluding tert-OH is 1. The molecule has 0 fully saturated rings. The Morgan fingerprint density at radius 3 is 2.54 bits per heavy atom. The number of aromatic nitrogens is 1. The number of aryl methyl sites for hydroxylation is 1. The predicted molar refractivity (Wildman–Crippen MR) is 96.9 cm³/mol. The molecule has 2 heterocycles. The minimum atomic E-state index is -0.330. The number of ether oxygens (including phenoxy) is 1. The fourth-order valence-electron chi connectivity index (χ4n) is 3.69. The normalized spacial score (nSPS) is 16.3. The van der Waals surface area contributed by atoms with Crippen molar-refractivity contribution in [1.29, 1.82) is 0 Å². The monoisotopic (exact) mass is 331 g/mol. The molecule has 1 aromatic carbocycles. The van der Waals surface area contributed by atoms with Gasteiger partial charge in [-0.1, -0.05) is 0 Å². The molecule has 5 heteroatoms. The number of hydrogen-bond donors (Lipinski definition) is 2. The van der Waals surface area contributed by atoms with Crippen LogP contribution >= 0.6 is 0 Å². The molecule has 1 unspecified atom stereocenters. The lowest BCUT2D eigenvalue weighted by Gasteiger charge is -2.15. The minimum Gasteiger partial charge on any atom is -0.394 e. The van der Waals surface area contributed by atoms with Crippen LogP contribution in [-0.4, -0.2) is 40.4 Å².